The van der Waals surface area contributed by atoms with Gasteiger partial charge in [0.25, 0.3) is 0 Å². The number of hydrogen-bond acceptors (Lipinski definition) is 5. The molecule has 0 atom stereocenters. The molecule has 4 rings (SSSR count). The number of fused-ring (bicyclic) bond motifs is 1. The molecule has 1 aromatic carbocycles. The number of methoxy groups -OCH3 is 1. The lowest BCUT2D eigenvalue weighted by Crippen LogP contribution is -2.31. The van der Waals surface area contributed by atoms with Gasteiger partial charge in [-0.15, -0.1) is 0 Å². The zero-order chi connectivity index (χ0) is 18.8. The van der Waals surface area contributed by atoms with E-state index in [2.05, 4.69) is 4.90 Å². The van der Waals surface area contributed by atoms with Gasteiger partial charge in [0.15, 0.2) is 11.5 Å². The molecule has 27 heavy (non-hydrogen) atoms. The van der Waals surface area contributed by atoms with Crippen LogP contribution in [-0.4, -0.2) is 33.6 Å². The van der Waals surface area contributed by atoms with Crippen molar-refractivity contribution in [3.8, 4) is 11.5 Å². The average molecular weight is 388 g/mol. The van der Waals surface area contributed by atoms with Gasteiger partial charge in [-0.1, -0.05) is 36.9 Å². The number of halogens is 1. The Bertz CT molecular complexity index is 821. The summed E-state index contributed by atoms with van der Waals surface area (Å²) in [5.74, 6) is 2.00. The van der Waals surface area contributed by atoms with E-state index in [0.717, 1.165) is 30.9 Å². The first-order chi connectivity index (χ1) is 13.2. The summed E-state index contributed by atoms with van der Waals surface area (Å²) in [6, 6.07) is 3.67. The van der Waals surface area contributed by atoms with E-state index >= 15 is 0 Å². The van der Waals surface area contributed by atoms with Crippen LogP contribution in [0, 0.1) is 0 Å². The number of benzene rings is 1. The molecule has 2 aliphatic rings. The topological polar surface area (TPSA) is 58.5 Å². The van der Waals surface area contributed by atoms with Gasteiger partial charge in [0.05, 0.1) is 12.1 Å². The van der Waals surface area contributed by atoms with Crippen molar-refractivity contribution in [1.29, 1.82) is 0 Å². The van der Waals surface area contributed by atoms with Crippen LogP contribution in [0.2, 0.25) is 5.02 Å². The molecule has 0 radical (unpaired) electrons. The highest BCUT2D eigenvalue weighted by Gasteiger charge is 2.23. The van der Waals surface area contributed by atoms with Crippen LogP contribution in [0.4, 0.5) is 0 Å². The molecule has 1 saturated carbocycles. The molecule has 0 bridgehead atoms. The number of nitrogens with zero attached hydrogens (tertiary/aromatic N) is 3. The van der Waals surface area contributed by atoms with E-state index in [9.17, 15) is 5.11 Å². The standard InChI is InChI=1S/C21H26ClN3O2/c1-27-18-8-7-15(19(22)20(18)26)12-25-10-9-17-16(13-25)11-23-21(24-17)14-5-3-2-4-6-14/h7-8,11,14,26H,2-6,9-10,12-13H2,1H3. The van der Waals surface area contributed by atoms with Crippen LogP contribution >= 0.6 is 11.6 Å². The van der Waals surface area contributed by atoms with E-state index in [1.165, 1.54) is 50.5 Å². The van der Waals surface area contributed by atoms with Gasteiger partial charge in [-0.25, -0.2) is 9.97 Å². The zero-order valence-corrected chi connectivity index (χ0v) is 16.5. The second kappa shape index (κ2) is 8.03. The Labute approximate surface area is 165 Å². The summed E-state index contributed by atoms with van der Waals surface area (Å²) >= 11 is 6.32. The number of hydrogen-bond donors (Lipinski definition) is 1. The lowest BCUT2D eigenvalue weighted by atomic mass is 9.88. The Hall–Kier alpha value is -1.85. The fraction of sp³-hybridized carbons (Fsp3) is 0.524. The fourth-order valence-corrected chi connectivity index (χ4v) is 4.41. The Morgan fingerprint density at radius 2 is 2.07 bits per heavy atom. The molecular formula is C21H26ClN3O2. The van der Waals surface area contributed by atoms with Gasteiger partial charge in [0.2, 0.25) is 0 Å². The number of ether oxygens (including phenoxy) is 1. The third-order valence-corrected chi connectivity index (χ3v) is 6.20. The van der Waals surface area contributed by atoms with Crippen molar-refractivity contribution in [2.24, 2.45) is 0 Å². The Kier molecular flexibility index (Phi) is 5.50. The summed E-state index contributed by atoms with van der Waals surface area (Å²) in [5.41, 5.74) is 3.30. The van der Waals surface area contributed by atoms with E-state index in [0.29, 0.717) is 23.2 Å². The average Bonchev–Trinajstić information content (AvgIpc) is 2.72. The summed E-state index contributed by atoms with van der Waals surface area (Å²) in [6.45, 7) is 2.42. The summed E-state index contributed by atoms with van der Waals surface area (Å²) in [7, 11) is 1.52. The molecule has 2 aromatic rings. The molecule has 144 valence electrons. The van der Waals surface area contributed by atoms with Crippen LogP contribution in [0.5, 0.6) is 11.5 Å². The maximum Gasteiger partial charge on any atom is 0.177 e. The van der Waals surface area contributed by atoms with Crippen LogP contribution in [0.25, 0.3) is 0 Å². The number of phenolic OH excluding ortho intramolecular Hbond substituents is 1. The SMILES string of the molecule is COc1ccc(CN2CCc3nc(C4CCCCC4)ncc3C2)c(Cl)c1O. The Morgan fingerprint density at radius 3 is 2.85 bits per heavy atom. The van der Waals surface area contributed by atoms with Crippen LogP contribution in [-0.2, 0) is 19.5 Å². The fourth-order valence-electron chi connectivity index (χ4n) is 4.20. The lowest BCUT2D eigenvalue weighted by molar-refractivity contribution is 0.241. The molecule has 1 aromatic heterocycles. The molecule has 0 spiro atoms. The summed E-state index contributed by atoms with van der Waals surface area (Å²) < 4.78 is 5.11. The Balaban J connectivity index is 1.46. The smallest absolute Gasteiger partial charge is 0.177 e. The monoisotopic (exact) mass is 387 g/mol. The van der Waals surface area contributed by atoms with Gasteiger partial charge in [-0.05, 0) is 24.5 Å². The highest BCUT2D eigenvalue weighted by atomic mass is 35.5. The molecule has 0 amide bonds. The molecule has 2 heterocycles. The third-order valence-electron chi connectivity index (χ3n) is 5.77. The van der Waals surface area contributed by atoms with Crippen molar-refractivity contribution in [2.75, 3.05) is 13.7 Å². The minimum Gasteiger partial charge on any atom is -0.503 e. The molecule has 1 N–H and O–H groups in total. The van der Waals surface area contributed by atoms with Crippen LogP contribution < -0.4 is 4.74 Å². The van der Waals surface area contributed by atoms with Crippen LogP contribution in [0.3, 0.4) is 0 Å². The van der Waals surface area contributed by atoms with Gasteiger partial charge in [0, 0.05) is 49.4 Å². The molecule has 6 heteroatoms. The van der Waals surface area contributed by atoms with Gasteiger partial charge < -0.3 is 9.84 Å². The minimum atomic E-state index is 0.00883. The maximum absolute atomic E-state index is 10.1. The second-order valence-electron chi connectivity index (χ2n) is 7.59. The van der Waals surface area contributed by atoms with Crippen LogP contribution in [0.1, 0.15) is 60.7 Å². The zero-order valence-electron chi connectivity index (χ0n) is 15.7. The Morgan fingerprint density at radius 1 is 1.26 bits per heavy atom. The van der Waals surface area contributed by atoms with Crippen molar-refractivity contribution in [3.05, 3.63) is 46.0 Å². The van der Waals surface area contributed by atoms with E-state index in [4.69, 9.17) is 26.3 Å². The van der Waals surface area contributed by atoms with Crippen molar-refractivity contribution in [3.63, 3.8) is 0 Å². The predicted octanol–water partition coefficient (Wildman–Crippen LogP) is 4.45. The maximum atomic E-state index is 10.1. The summed E-state index contributed by atoms with van der Waals surface area (Å²) in [6.07, 6.45) is 9.35. The first-order valence-electron chi connectivity index (χ1n) is 9.77. The number of rotatable bonds is 4. The number of aromatic nitrogens is 2. The number of aromatic hydroxyl groups is 1. The molecule has 0 unspecified atom stereocenters. The van der Waals surface area contributed by atoms with Gasteiger partial charge in [-0.2, -0.15) is 0 Å². The quantitative estimate of drug-likeness (QED) is 0.839. The van der Waals surface area contributed by atoms with Crippen molar-refractivity contribution < 1.29 is 9.84 Å². The largest absolute Gasteiger partial charge is 0.503 e. The first-order valence-corrected chi connectivity index (χ1v) is 10.1. The molecule has 1 fully saturated rings. The normalized spacial score (nSPS) is 18.3. The third kappa shape index (κ3) is 3.90. The second-order valence-corrected chi connectivity index (χ2v) is 7.96. The van der Waals surface area contributed by atoms with E-state index in [-0.39, 0.29) is 5.75 Å². The highest BCUT2D eigenvalue weighted by Crippen LogP contribution is 2.37. The first kappa shape index (κ1) is 18.5. The molecule has 5 nitrogen and oxygen atoms in total. The number of phenols is 1. The lowest BCUT2D eigenvalue weighted by Gasteiger charge is -2.29. The van der Waals surface area contributed by atoms with E-state index in [1.807, 2.05) is 12.3 Å². The molecule has 0 saturated heterocycles. The molecule has 1 aliphatic heterocycles. The summed E-state index contributed by atoms with van der Waals surface area (Å²) in [4.78, 5) is 11.9. The summed E-state index contributed by atoms with van der Waals surface area (Å²) in [5, 5.41) is 10.5. The van der Waals surface area contributed by atoms with Crippen molar-refractivity contribution in [1.82, 2.24) is 14.9 Å². The van der Waals surface area contributed by atoms with E-state index < -0.39 is 0 Å². The van der Waals surface area contributed by atoms with Gasteiger partial charge in [-0.3, -0.25) is 4.90 Å². The van der Waals surface area contributed by atoms with Crippen molar-refractivity contribution in [2.45, 2.75) is 57.5 Å². The van der Waals surface area contributed by atoms with Gasteiger partial charge in [0.1, 0.15) is 5.82 Å². The van der Waals surface area contributed by atoms with E-state index in [1.54, 1.807) is 6.07 Å². The highest BCUT2D eigenvalue weighted by molar-refractivity contribution is 6.33. The predicted molar refractivity (Wildman–Crippen MR) is 105 cm³/mol. The molecular weight excluding hydrogens is 362 g/mol. The van der Waals surface area contributed by atoms with Crippen LogP contribution in [0.15, 0.2) is 18.3 Å². The molecule has 1 aliphatic carbocycles. The minimum absolute atomic E-state index is 0.00883. The van der Waals surface area contributed by atoms with Crippen molar-refractivity contribution >= 4 is 11.6 Å². The van der Waals surface area contributed by atoms with Gasteiger partial charge >= 0.3 is 0 Å².